The lowest BCUT2D eigenvalue weighted by Crippen LogP contribution is -2.41. The molecule has 1 unspecified atom stereocenters. The Hall–Kier alpha value is -1.42. The molecule has 1 fully saturated rings. The van der Waals surface area contributed by atoms with Crippen LogP contribution < -0.4 is 10.2 Å². The summed E-state index contributed by atoms with van der Waals surface area (Å²) in [6.45, 7) is 10.0. The van der Waals surface area contributed by atoms with Crippen LogP contribution in [0.5, 0.6) is 0 Å². The Kier molecular flexibility index (Phi) is 7.54. The van der Waals surface area contributed by atoms with Gasteiger partial charge in [0.1, 0.15) is 0 Å². The van der Waals surface area contributed by atoms with Crippen molar-refractivity contribution < 1.29 is 27.3 Å². The molecule has 1 aliphatic heterocycles. The highest BCUT2D eigenvalue weighted by Gasteiger charge is 2.51. The van der Waals surface area contributed by atoms with Crippen molar-refractivity contribution in [3.05, 3.63) is 24.3 Å². The van der Waals surface area contributed by atoms with Gasteiger partial charge in [-0.1, -0.05) is 25.5 Å². The van der Waals surface area contributed by atoms with Gasteiger partial charge < -0.3 is 14.0 Å². The first-order valence-corrected chi connectivity index (χ1v) is 11.4. The minimum atomic E-state index is -3.59. The second-order valence-electron chi connectivity index (χ2n) is 8.48. The molecule has 0 aromatic heterocycles. The molecule has 1 aliphatic rings. The second-order valence-corrected chi connectivity index (χ2v) is 10.2. The lowest BCUT2D eigenvalue weighted by molar-refractivity contribution is -0.145. The van der Waals surface area contributed by atoms with Gasteiger partial charge in [-0.2, -0.15) is 0 Å². The van der Waals surface area contributed by atoms with Crippen molar-refractivity contribution in [2.75, 3.05) is 13.7 Å². The fraction of sp³-hybridized carbons (Fsp3) is 0.650. The third-order valence-corrected chi connectivity index (χ3v) is 7.15. The summed E-state index contributed by atoms with van der Waals surface area (Å²) in [7, 11) is -2.75. The zero-order valence-corrected chi connectivity index (χ0v) is 19.0. The van der Waals surface area contributed by atoms with Gasteiger partial charge in [0.2, 0.25) is 10.0 Å². The molecule has 1 aromatic carbocycles. The molecule has 0 spiro atoms. The van der Waals surface area contributed by atoms with E-state index in [0.717, 1.165) is 11.9 Å². The van der Waals surface area contributed by atoms with Gasteiger partial charge in [0.05, 0.1) is 29.1 Å². The standard InChI is InChI=1S/C20H32BNO6S/c1-15(18(23)26-6)9-7-8-14-22-29(24,25)17-12-10-16(11-13-17)21-27-19(2,3)20(4,5)28-21/h10-13,15,22H,7-9,14H2,1-6H3. The number of nitrogens with one attached hydrogen (secondary N) is 1. The normalized spacial score (nSPS) is 19.2. The quantitative estimate of drug-likeness (QED) is 0.371. The maximum atomic E-state index is 12.5. The predicted octanol–water partition coefficient (Wildman–Crippen LogP) is 2.24. The molecule has 0 saturated carbocycles. The van der Waals surface area contributed by atoms with Gasteiger partial charge in [-0.15, -0.1) is 0 Å². The highest BCUT2D eigenvalue weighted by molar-refractivity contribution is 7.89. The van der Waals surface area contributed by atoms with Gasteiger partial charge in [-0.25, -0.2) is 13.1 Å². The second kappa shape index (κ2) is 9.16. The maximum absolute atomic E-state index is 12.5. The number of ether oxygens (including phenoxy) is 1. The van der Waals surface area contributed by atoms with Crippen molar-refractivity contribution >= 4 is 28.6 Å². The number of sulfonamides is 1. The Balaban J connectivity index is 1.88. The molecule has 1 aromatic rings. The first-order chi connectivity index (χ1) is 13.4. The van der Waals surface area contributed by atoms with Gasteiger partial charge in [0.25, 0.3) is 0 Å². The molecule has 0 amide bonds. The van der Waals surface area contributed by atoms with Gasteiger partial charge in [0, 0.05) is 6.54 Å². The summed E-state index contributed by atoms with van der Waals surface area (Å²) < 4.78 is 44.2. The number of carbonyl (C=O) groups excluding carboxylic acids is 1. The first-order valence-electron chi connectivity index (χ1n) is 9.93. The Morgan fingerprint density at radius 1 is 1.10 bits per heavy atom. The molecule has 1 N–H and O–H groups in total. The number of methoxy groups -OCH3 is 1. The van der Waals surface area contributed by atoms with Crippen molar-refractivity contribution in [3.8, 4) is 0 Å². The van der Waals surface area contributed by atoms with Crippen LogP contribution in [0.2, 0.25) is 0 Å². The Bertz CT molecular complexity index is 791. The van der Waals surface area contributed by atoms with Gasteiger partial charge in [0.15, 0.2) is 0 Å². The smallest absolute Gasteiger partial charge is 0.469 e. The van der Waals surface area contributed by atoms with E-state index in [1.807, 2.05) is 27.7 Å². The molecule has 1 atom stereocenters. The number of esters is 1. The Morgan fingerprint density at radius 3 is 2.17 bits per heavy atom. The van der Waals surface area contributed by atoms with Crippen LogP contribution in [-0.4, -0.2) is 46.4 Å². The summed E-state index contributed by atoms with van der Waals surface area (Å²) in [6.07, 6.45) is 2.05. The van der Waals surface area contributed by atoms with Crippen molar-refractivity contribution in [2.24, 2.45) is 5.92 Å². The van der Waals surface area contributed by atoms with E-state index in [1.165, 1.54) is 7.11 Å². The van der Waals surface area contributed by atoms with E-state index in [2.05, 4.69) is 9.46 Å². The lowest BCUT2D eigenvalue weighted by Gasteiger charge is -2.32. The summed E-state index contributed by atoms with van der Waals surface area (Å²) >= 11 is 0. The minimum Gasteiger partial charge on any atom is -0.469 e. The van der Waals surface area contributed by atoms with Crippen LogP contribution in [0, 0.1) is 5.92 Å². The van der Waals surface area contributed by atoms with Gasteiger partial charge >= 0.3 is 13.1 Å². The topological polar surface area (TPSA) is 90.9 Å². The first kappa shape index (κ1) is 23.9. The molecule has 7 nitrogen and oxygen atoms in total. The number of unbranched alkanes of at least 4 members (excludes halogenated alkanes) is 1. The molecule has 29 heavy (non-hydrogen) atoms. The van der Waals surface area contributed by atoms with E-state index < -0.39 is 28.3 Å². The fourth-order valence-electron chi connectivity index (χ4n) is 2.97. The highest BCUT2D eigenvalue weighted by Crippen LogP contribution is 2.36. The van der Waals surface area contributed by atoms with E-state index in [-0.39, 0.29) is 16.8 Å². The number of rotatable bonds is 9. The van der Waals surface area contributed by atoms with E-state index >= 15 is 0 Å². The molecule has 2 rings (SSSR count). The highest BCUT2D eigenvalue weighted by atomic mass is 32.2. The Labute approximate surface area is 174 Å². The molecule has 0 radical (unpaired) electrons. The van der Waals surface area contributed by atoms with Crippen molar-refractivity contribution in [1.82, 2.24) is 4.72 Å². The summed E-state index contributed by atoms with van der Waals surface area (Å²) in [5.74, 6) is -0.424. The largest absolute Gasteiger partial charge is 0.494 e. The average Bonchev–Trinajstić information content (AvgIpc) is 2.88. The van der Waals surface area contributed by atoms with Crippen LogP contribution in [0.1, 0.15) is 53.9 Å². The zero-order chi connectivity index (χ0) is 21.9. The summed E-state index contributed by atoms with van der Waals surface area (Å²) in [5, 5.41) is 0. The number of benzene rings is 1. The minimum absolute atomic E-state index is 0.181. The van der Waals surface area contributed by atoms with Crippen LogP contribution in [0.4, 0.5) is 0 Å². The van der Waals surface area contributed by atoms with Crippen LogP contribution in [0.15, 0.2) is 29.2 Å². The zero-order valence-electron chi connectivity index (χ0n) is 18.2. The lowest BCUT2D eigenvalue weighted by atomic mass is 9.79. The molecular weight excluding hydrogens is 393 g/mol. The maximum Gasteiger partial charge on any atom is 0.494 e. The molecule has 0 bridgehead atoms. The van der Waals surface area contributed by atoms with Crippen LogP contribution in [0.25, 0.3) is 0 Å². The molecule has 0 aliphatic carbocycles. The third kappa shape index (κ3) is 5.81. The molecule has 9 heteroatoms. The third-order valence-electron chi connectivity index (χ3n) is 5.68. The summed E-state index contributed by atoms with van der Waals surface area (Å²) in [5.41, 5.74) is -0.121. The number of hydrogen-bond donors (Lipinski definition) is 1. The summed E-state index contributed by atoms with van der Waals surface area (Å²) in [6, 6.07) is 6.55. The number of hydrogen-bond acceptors (Lipinski definition) is 6. The predicted molar refractivity (Wildman–Crippen MR) is 112 cm³/mol. The fourth-order valence-corrected chi connectivity index (χ4v) is 4.04. The van der Waals surface area contributed by atoms with Gasteiger partial charge in [-0.3, -0.25) is 4.79 Å². The van der Waals surface area contributed by atoms with Crippen molar-refractivity contribution in [1.29, 1.82) is 0 Å². The average molecular weight is 425 g/mol. The SMILES string of the molecule is COC(=O)C(C)CCCCNS(=O)(=O)c1ccc(B2OC(C)(C)C(C)(C)O2)cc1. The molecule has 1 saturated heterocycles. The van der Waals surface area contributed by atoms with E-state index in [9.17, 15) is 13.2 Å². The van der Waals surface area contributed by atoms with Crippen molar-refractivity contribution in [3.63, 3.8) is 0 Å². The van der Waals surface area contributed by atoms with E-state index in [0.29, 0.717) is 19.4 Å². The molecule has 162 valence electrons. The van der Waals surface area contributed by atoms with Crippen LogP contribution in [0.3, 0.4) is 0 Å². The van der Waals surface area contributed by atoms with Crippen molar-refractivity contribution in [2.45, 2.75) is 70.0 Å². The monoisotopic (exact) mass is 425 g/mol. The van der Waals surface area contributed by atoms with Gasteiger partial charge in [-0.05, 0) is 58.1 Å². The summed E-state index contributed by atoms with van der Waals surface area (Å²) in [4.78, 5) is 11.6. The van der Waals surface area contributed by atoms with E-state index in [4.69, 9.17) is 9.31 Å². The Morgan fingerprint density at radius 2 is 1.66 bits per heavy atom. The number of carbonyl (C=O) groups is 1. The molecular formula is C20H32BNO6S. The van der Waals surface area contributed by atoms with Crippen LogP contribution >= 0.6 is 0 Å². The molecule has 1 heterocycles. The van der Waals surface area contributed by atoms with E-state index in [1.54, 1.807) is 31.2 Å². The van der Waals surface area contributed by atoms with Crippen LogP contribution in [-0.2, 0) is 28.9 Å².